The number of hydrogen-bond acceptors (Lipinski definition) is 4. The lowest BCUT2D eigenvalue weighted by molar-refractivity contribution is -0.144. The van der Waals surface area contributed by atoms with E-state index in [0.717, 1.165) is 13.0 Å². The van der Waals surface area contributed by atoms with Crippen molar-refractivity contribution in [2.75, 3.05) is 19.7 Å². The van der Waals surface area contributed by atoms with Crippen molar-refractivity contribution in [1.82, 2.24) is 4.90 Å². The summed E-state index contributed by atoms with van der Waals surface area (Å²) < 4.78 is 4.98. The van der Waals surface area contributed by atoms with Crippen LogP contribution >= 0.6 is 11.3 Å². The zero-order valence-electron chi connectivity index (χ0n) is 10.8. The molecule has 0 N–H and O–H groups in total. The van der Waals surface area contributed by atoms with Gasteiger partial charge in [-0.05, 0) is 49.6 Å². The van der Waals surface area contributed by atoms with Gasteiger partial charge in [-0.3, -0.25) is 9.69 Å². The first-order valence-electron chi connectivity index (χ1n) is 6.04. The third-order valence-corrected chi connectivity index (χ3v) is 3.37. The Morgan fingerprint density at radius 2 is 2.29 bits per heavy atom. The highest BCUT2D eigenvalue weighted by molar-refractivity contribution is 7.07. The molecule has 17 heavy (non-hydrogen) atoms. The van der Waals surface area contributed by atoms with Crippen molar-refractivity contribution < 1.29 is 9.53 Å². The molecule has 0 radical (unpaired) electrons. The number of carbonyl (C=O) groups excluding carboxylic acids is 1. The number of nitrogens with zero attached hydrogens (tertiary/aromatic N) is 1. The Labute approximate surface area is 107 Å². The first-order valence-corrected chi connectivity index (χ1v) is 6.98. The Morgan fingerprint density at radius 3 is 2.82 bits per heavy atom. The van der Waals surface area contributed by atoms with Gasteiger partial charge in [-0.1, -0.05) is 0 Å². The maximum atomic E-state index is 11.5. The molecule has 0 spiro atoms. The monoisotopic (exact) mass is 255 g/mol. The Kier molecular flexibility index (Phi) is 6.22. The predicted molar refractivity (Wildman–Crippen MR) is 71.4 cm³/mol. The van der Waals surface area contributed by atoms with E-state index in [0.29, 0.717) is 19.2 Å². The van der Waals surface area contributed by atoms with Crippen LogP contribution in [0.25, 0.3) is 0 Å². The first kappa shape index (κ1) is 14.2. The lowest BCUT2D eigenvalue weighted by Gasteiger charge is -2.25. The minimum atomic E-state index is -0.133. The largest absolute Gasteiger partial charge is 0.465 e. The van der Waals surface area contributed by atoms with Gasteiger partial charge in [-0.25, -0.2) is 0 Å². The number of esters is 1. The van der Waals surface area contributed by atoms with Gasteiger partial charge >= 0.3 is 5.97 Å². The molecule has 0 fully saturated rings. The normalized spacial score (nSPS) is 11.1. The molecule has 0 bridgehead atoms. The van der Waals surface area contributed by atoms with Crippen molar-refractivity contribution in [3.05, 3.63) is 22.4 Å². The molecule has 0 atom stereocenters. The molecule has 0 aliphatic carbocycles. The average Bonchev–Trinajstić information content (AvgIpc) is 2.77. The smallest absolute Gasteiger partial charge is 0.320 e. The molecule has 0 saturated heterocycles. The van der Waals surface area contributed by atoms with Gasteiger partial charge in [0.1, 0.15) is 0 Å². The number of thiophene rings is 1. The molecule has 1 rings (SSSR count). The second-order valence-corrected chi connectivity index (χ2v) is 5.03. The van der Waals surface area contributed by atoms with Crippen molar-refractivity contribution in [3.8, 4) is 0 Å². The first-order chi connectivity index (χ1) is 8.13. The molecule has 0 aliphatic heterocycles. The van der Waals surface area contributed by atoms with Crippen LogP contribution in [0.4, 0.5) is 0 Å². The molecule has 0 unspecified atom stereocenters. The maximum Gasteiger partial charge on any atom is 0.320 e. The summed E-state index contributed by atoms with van der Waals surface area (Å²) in [5, 5.41) is 4.24. The minimum absolute atomic E-state index is 0.133. The number of ether oxygens (including phenoxy) is 1. The van der Waals surface area contributed by atoms with E-state index >= 15 is 0 Å². The van der Waals surface area contributed by atoms with E-state index in [1.54, 1.807) is 11.3 Å². The van der Waals surface area contributed by atoms with Crippen LogP contribution in [0.5, 0.6) is 0 Å². The average molecular weight is 255 g/mol. The highest BCUT2D eigenvalue weighted by atomic mass is 32.1. The van der Waals surface area contributed by atoms with E-state index in [9.17, 15) is 4.79 Å². The summed E-state index contributed by atoms with van der Waals surface area (Å²) in [6, 6.07) is 2.49. The fourth-order valence-corrected chi connectivity index (χ4v) is 2.30. The summed E-state index contributed by atoms with van der Waals surface area (Å²) in [7, 11) is 0. The maximum absolute atomic E-state index is 11.5. The van der Waals surface area contributed by atoms with Gasteiger partial charge in [0.15, 0.2) is 0 Å². The van der Waals surface area contributed by atoms with E-state index in [1.807, 2.05) is 6.92 Å². The van der Waals surface area contributed by atoms with Crippen molar-refractivity contribution in [3.63, 3.8) is 0 Å². The summed E-state index contributed by atoms with van der Waals surface area (Å²) in [5.41, 5.74) is 1.34. The Hall–Kier alpha value is -0.870. The van der Waals surface area contributed by atoms with Crippen LogP contribution in [0.3, 0.4) is 0 Å². The van der Waals surface area contributed by atoms with Crippen LogP contribution in [0.1, 0.15) is 26.3 Å². The van der Waals surface area contributed by atoms with Gasteiger partial charge in [0.25, 0.3) is 0 Å². The molecular formula is C13H21NO2S. The summed E-state index contributed by atoms with van der Waals surface area (Å²) in [4.78, 5) is 13.6. The van der Waals surface area contributed by atoms with Crippen LogP contribution in [-0.4, -0.2) is 36.6 Å². The Morgan fingerprint density at radius 1 is 1.53 bits per heavy atom. The molecular weight excluding hydrogens is 234 g/mol. The third-order valence-electron chi connectivity index (χ3n) is 2.64. The molecule has 1 aromatic rings. The van der Waals surface area contributed by atoms with Gasteiger partial charge in [0.05, 0.1) is 13.2 Å². The lowest BCUT2D eigenvalue weighted by atomic mass is 10.2. The van der Waals surface area contributed by atoms with E-state index < -0.39 is 0 Å². The van der Waals surface area contributed by atoms with Gasteiger partial charge in [-0.15, -0.1) is 0 Å². The lowest BCUT2D eigenvalue weighted by Crippen LogP contribution is -2.37. The zero-order valence-corrected chi connectivity index (χ0v) is 11.6. The van der Waals surface area contributed by atoms with Crippen molar-refractivity contribution in [2.24, 2.45) is 0 Å². The number of carbonyl (C=O) groups is 1. The van der Waals surface area contributed by atoms with Crippen LogP contribution in [0.2, 0.25) is 0 Å². The SMILES string of the molecule is CCOC(=O)CN(CCc1ccsc1)C(C)C. The summed E-state index contributed by atoms with van der Waals surface area (Å²) in [6.45, 7) is 7.78. The van der Waals surface area contributed by atoms with Crippen molar-refractivity contribution in [1.29, 1.82) is 0 Å². The van der Waals surface area contributed by atoms with Crippen LogP contribution in [0, 0.1) is 0 Å². The summed E-state index contributed by atoms with van der Waals surface area (Å²) in [5.74, 6) is -0.133. The second-order valence-electron chi connectivity index (χ2n) is 4.25. The fourth-order valence-electron chi connectivity index (χ4n) is 1.60. The van der Waals surface area contributed by atoms with Crippen molar-refractivity contribution in [2.45, 2.75) is 33.2 Å². The topological polar surface area (TPSA) is 29.5 Å². The standard InChI is InChI=1S/C13H21NO2S/c1-4-16-13(15)9-14(11(2)3)7-5-12-6-8-17-10-12/h6,8,10-11H,4-5,7,9H2,1-3H3. The Balaban J connectivity index is 2.40. The fraction of sp³-hybridized carbons (Fsp3) is 0.615. The zero-order chi connectivity index (χ0) is 12.7. The minimum Gasteiger partial charge on any atom is -0.465 e. The highest BCUT2D eigenvalue weighted by Crippen LogP contribution is 2.08. The third kappa shape index (κ3) is 5.33. The second kappa shape index (κ2) is 7.45. The highest BCUT2D eigenvalue weighted by Gasteiger charge is 2.14. The van der Waals surface area contributed by atoms with E-state index in [-0.39, 0.29) is 5.97 Å². The van der Waals surface area contributed by atoms with Crippen LogP contribution < -0.4 is 0 Å². The molecule has 4 heteroatoms. The van der Waals surface area contributed by atoms with Gasteiger partial charge in [0.2, 0.25) is 0 Å². The Bertz CT molecular complexity index is 322. The molecule has 3 nitrogen and oxygen atoms in total. The molecule has 0 aliphatic rings. The van der Waals surface area contributed by atoms with E-state index in [4.69, 9.17) is 4.74 Å². The van der Waals surface area contributed by atoms with E-state index in [2.05, 4.69) is 35.6 Å². The molecule has 1 heterocycles. The summed E-state index contributed by atoms with van der Waals surface area (Å²) >= 11 is 1.71. The van der Waals surface area contributed by atoms with Crippen LogP contribution in [0.15, 0.2) is 16.8 Å². The molecule has 96 valence electrons. The molecule has 0 saturated carbocycles. The van der Waals surface area contributed by atoms with Crippen LogP contribution in [-0.2, 0) is 16.0 Å². The quantitative estimate of drug-likeness (QED) is 0.701. The van der Waals surface area contributed by atoms with Gasteiger partial charge in [-0.2, -0.15) is 11.3 Å². The molecule has 0 amide bonds. The summed E-state index contributed by atoms with van der Waals surface area (Å²) in [6.07, 6.45) is 0.987. The number of hydrogen-bond donors (Lipinski definition) is 0. The molecule has 1 aromatic heterocycles. The van der Waals surface area contributed by atoms with E-state index in [1.165, 1.54) is 5.56 Å². The van der Waals surface area contributed by atoms with Gasteiger partial charge in [0, 0.05) is 12.6 Å². The predicted octanol–water partition coefficient (Wildman–Crippen LogP) is 2.56. The molecule has 0 aromatic carbocycles. The van der Waals surface area contributed by atoms with Crippen molar-refractivity contribution >= 4 is 17.3 Å². The van der Waals surface area contributed by atoms with Gasteiger partial charge < -0.3 is 4.74 Å². The number of rotatable bonds is 7.